The van der Waals surface area contributed by atoms with E-state index in [1.54, 1.807) is 13.8 Å². The van der Waals surface area contributed by atoms with Crippen molar-refractivity contribution in [1.82, 2.24) is 4.98 Å². The van der Waals surface area contributed by atoms with Crippen molar-refractivity contribution in [2.75, 3.05) is 5.43 Å². The van der Waals surface area contributed by atoms with Gasteiger partial charge in [0.25, 0.3) is 0 Å². The molecule has 6 heteroatoms. The summed E-state index contributed by atoms with van der Waals surface area (Å²) in [4.78, 5) is 3.70. The maximum absolute atomic E-state index is 12.4. The normalized spacial score (nSPS) is 11.6. The summed E-state index contributed by atoms with van der Waals surface area (Å²) in [5, 5.41) is 0. The second-order valence-electron chi connectivity index (χ2n) is 2.93. The molecule has 1 aromatic rings. The highest BCUT2D eigenvalue weighted by Gasteiger charge is 2.34. The molecule has 0 aliphatic carbocycles. The molecule has 0 amide bonds. The number of anilines is 1. The summed E-state index contributed by atoms with van der Waals surface area (Å²) in [5.74, 6) is 4.61. The summed E-state index contributed by atoms with van der Waals surface area (Å²) in [7, 11) is 0. The number of nitrogens with two attached hydrogens (primary N) is 1. The van der Waals surface area contributed by atoms with E-state index >= 15 is 0 Å². The fraction of sp³-hybridized carbons (Fsp3) is 0.375. The SMILES string of the molecule is Cc1cc(C(F)(F)F)c(NN)nc1C. The Hall–Kier alpha value is -1.30. The third-order valence-electron chi connectivity index (χ3n) is 1.91. The van der Waals surface area contributed by atoms with E-state index in [2.05, 4.69) is 4.98 Å². The Morgan fingerprint density at radius 2 is 1.93 bits per heavy atom. The molecule has 3 N–H and O–H groups in total. The molecule has 1 heterocycles. The number of hydrazine groups is 1. The molecular formula is C8H10F3N3. The quantitative estimate of drug-likeness (QED) is 0.544. The molecule has 0 bridgehead atoms. The zero-order valence-electron chi connectivity index (χ0n) is 7.74. The van der Waals surface area contributed by atoms with E-state index in [1.165, 1.54) is 0 Å². The number of nitrogen functional groups attached to an aromatic ring is 1. The van der Waals surface area contributed by atoms with Crippen LogP contribution in [0.15, 0.2) is 6.07 Å². The van der Waals surface area contributed by atoms with Crippen molar-refractivity contribution < 1.29 is 13.2 Å². The minimum Gasteiger partial charge on any atom is -0.308 e. The molecule has 3 nitrogen and oxygen atoms in total. The van der Waals surface area contributed by atoms with Gasteiger partial charge >= 0.3 is 6.18 Å². The van der Waals surface area contributed by atoms with Crippen LogP contribution < -0.4 is 11.3 Å². The second-order valence-corrected chi connectivity index (χ2v) is 2.93. The molecule has 0 saturated carbocycles. The number of hydrogen-bond donors (Lipinski definition) is 2. The monoisotopic (exact) mass is 205 g/mol. The maximum Gasteiger partial charge on any atom is 0.420 e. The number of hydrogen-bond acceptors (Lipinski definition) is 3. The van der Waals surface area contributed by atoms with Crippen molar-refractivity contribution >= 4 is 5.82 Å². The minimum absolute atomic E-state index is 0.347. The van der Waals surface area contributed by atoms with Crippen LogP contribution in [0.1, 0.15) is 16.8 Å². The van der Waals surface area contributed by atoms with Crippen LogP contribution in [-0.2, 0) is 6.18 Å². The molecule has 0 radical (unpaired) electrons. The van der Waals surface area contributed by atoms with Gasteiger partial charge in [-0.15, -0.1) is 0 Å². The summed E-state index contributed by atoms with van der Waals surface area (Å²) in [6.45, 7) is 3.19. The fourth-order valence-corrected chi connectivity index (χ4v) is 1.03. The highest BCUT2D eigenvalue weighted by atomic mass is 19.4. The molecule has 1 aromatic heterocycles. The Kier molecular flexibility index (Phi) is 2.66. The first-order valence-corrected chi connectivity index (χ1v) is 3.88. The molecule has 0 aliphatic rings. The smallest absolute Gasteiger partial charge is 0.308 e. The number of aromatic nitrogens is 1. The van der Waals surface area contributed by atoms with Crippen LogP contribution >= 0.6 is 0 Å². The van der Waals surface area contributed by atoms with Gasteiger partial charge in [-0.3, -0.25) is 0 Å². The minimum atomic E-state index is -4.44. The third kappa shape index (κ3) is 1.95. The van der Waals surface area contributed by atoms with Crippen LogP contribution in [0.5, 0.6) is 0 Å². The number of halogens is 3. The van der Waals surface area contributed by atoms with Crippen LogP contribution in [0.4, 0.5) is 19.0 Å². The zero-order valence-corrected chi connectivity index (χ0v) is 7.74. The van der Waals surface area contributed by atoms with E-state index in [1.807, 2.05) is 5.43 Å². The number of rotatable bonds is 1. The van der Waals surface area contributed by atoms with Crippen molar-refractivity contribution in [3.8, 4) is 0 Å². The van der Waals surface area contributed by atoms with Crippen molar-refractivity contribution in [2.45, 2.75) is 20.0 Å². The first-order chi connectivity index (χ1) is 6.36. The van der Waals surface area contributed by atoms with E-state index in [0.717, 1.165) is 6.07 Å². The van der Waals surface area contributed by atoms with Crippen molar-refractivity contribution in [2.24, 2.45) is 5.84 Å². The molecule has 0 atom stereocenters. The Balaban J connectivity index is 3.35. The highest BCUT2D eigenvalue weighted by molar-refractivity contribution is 5.47. The van der Waals surface area contributed by atoms with E-state index in [-0.39, 0.29) is 5.82 Å². The summed E-state index contributed by atoms with van der Waals surface area (Å²) in [6.07, 6.45) is -4.44. The molecule has 0 unspecified atom stereocenters. The summed E-state index contributed by atoms with van der Waals surface area (Å²) in [5.41, 5.74) is 2.10. The molecule has 0 aliphatic heterocycles. The van der Waals surface area contributed by atoms with Gasteiger partial charge in [-0.1, -0.05) is 0 Å². The molecule has 0 saturated heterocycles. The van der Waals surface area contributed by atoms with Gasteiger partial charge in [0.1, 0.15) is 0 Å². The van der Waals surface area contributed by atoms with Gasteiger partial charge in [0.15, 0.2) is 5.82 Å². The Bertz CT molecular complexity index is 346. The van der Waals surface area contributed by atoms with Crippen LogP contribution in [0, 0.1) is 13.8 Å². The third-order valence-corrected chi connectivity index (χ3v) is 1.91. The van der Waals surface area contributed by atoms with Crippen LogP contribution in [0.3, 0.4) is 0 Å². The van der Waals surface area contributed by atoms with E-state index in [9.17, 15) is 13.2 Å². The average molecular weight is 205 g/mol. The molecule has 1 rings (SSSR count). The topological polar surface area (TPSA) is 50.9 Å². The van der Waals surface area contributed by atoms with Crippen molar-refractivity contribution in [3.05, 3.63) is 22.9 Å². The van der Waals surface area contributed by atoms with Gasteiger partial charge in [0, 0.05) is 5.69 Å². The lowest BCUT2D eigenvalue weighted by Gasteiger charge is -2.13. The van der Waals surface area contributed by atoms with Gasteiger partial charge in [0.2, 0.25) is 0 Å². The van der Waals surface area contributed by atoms with Crippen LogP contribution in [0.2, 0.25) is 0 Å². The molecule has 78 valence electrons. The first-order valence-electron chi connectivity index (χ1n) is 3.88. The second kappa shape index (κ2) is 3.45. The fourth-order valence-electron chi connectivity index (χ4n) is 1.03. The predicted molar refractivity (Wildman–Crippen MR) is 46.5 cm³/mol. The van der Waals surface area contributed by atoms with Gasteiger partial charge in [-0.05, 0) is 25.5 Å². The number of alkyl halides is 3. The Morgan fingerprint density at radius 3 is 2.36 bits per heavy atom. The van der Waals surface area contributed by atoms with Gasteiger partial charge in [-0.2, -0.15) is 13.2 Å². The van der Waals surface area contributed by atoms with E-state index < -0.39 is 11.7 Å². The molecule has 0 aromatic carbocycles. The molecule has 14 heavy (non-hydrogen) atoms. The lowest BCUT2D eigenvalue weighted by molar-refractivity contribution is -0.137. The maximum atomic E-state index is 12.4. The van der Waals surface area contributed by atoms with Gasteiger partial charge in [-0.25, -0.2) is 10.8 Å². The highest BCUT2D eigenvalue weighted by Crippen LogP contribution is 2.34. The van der Waals surface area contributed by atoms with Crippen LogP contribution in [0.25, 0.3) is 0 Å². The molecule has 0 fully saturated rings. The lowest BCUT2D eigenvalue weighted by atomic mass is 10.1. The van der Waals surface area contributed by atoms with Gasteiger partial charge < -0.3 is 5.43 Å². The first kappa shape index (κ1) is 10.8. The zero-order chi connectivity index (χ0) is 10.9. The van der Waals surface area contributed by atoms with Gasteiger partial charge in [0.05, 0.1) is 5.56 Å². The Labute approximate surface area is 79.1 Å². The average Bonchev–Trinajstić information content (AvgIpc) is 2.07. The predicted octanol–water partition coefficient (Wildman–Crippen LogP) is 2.00. The van der Waals surface area contributed by atoms with E-state index in [0.29, 0.717) is 11.3 Å². The standard InChI is InChI=1S/C8H10F3N3/c1-4-3-6(8(9,10)11)7(14-12)13-5(4)2/h3H,12H2,1-2H3,(H,13,14). The van der Waals surface area contributed by atoms with Crippen molar-refractivity contribution in [1.29, 1.82) is 0 Å². The molecular weight excluding hydrogens is 195 g/mol. The largest absolute Gasteiger partial charge is 0.420 e. The summed E-state index contributed by atoms with van der Waals surface area (Å²) in [6, 6.07) is 1.03. The van der Waals surface area contributed by atoms with E-state index in [4.69, 9.17) is 5.84 Å². The number of pyridine rings is 1. The lowest BCUT2D eigenvalue weighted by Crippen LogP contribution is -2.17. The number of aryl methyl sites for hydroxylation is 2. The van der Waals surface area contributed by atoms with Crippen molar-refractivity contribution in [3.63, 3.8) is 0 Å². The number of nitrogens with one attached hydrogen (secondary N) is 1. The van der Waals surface area contributed by atoms with Crippen LogP contribution in [-0.4, -0.2) is 4.98 Å². The Morgan fingerprint density at radius 1 is 1.36 bits per heavy atom. The summed E-state index contributed by atoms with van der Waals surface area (Å²) >= 11 is 0. The summed E-state index contributed by atoms with van der Waals surface area (Å²) < 4.78 is 37.2. The molecule has 0 spiro atoms. The number of nitrogens with zero attached hydrogens (tertiary/aromatic N) is 1.